The van der Waals surface area contributed by atoms with Crippen LogP contribution >= 0.6 is 11.3 Å². The van der Waals surface area contributed by atoms with Gasteiger partial charge in [-0.05, 0) is 24.1 Å². The van der Waals surface area contributed by atoms with Crippen LogP contribution in [0.5, 0.6) is 0 Å². The fraction of sp³-hybridized carbons (Fsp3) is 0.158. The number of nitrogens with zero attached hydrogens (tertiary/aromatic N) is 2. The van der Waals surface area contributed by atoms with Crippen LogP contribution in [-0.4, -0.2) is 10.9 Å². The fourth-order valence-electron chi connectivity index (χ4n) is 2.32. The molecule has 4 nitrogen and oxygen atoms in total. The van der Waals surface area contributed by atoms with Crippen LogP contribution < -0.4 is 11.1 Å². The number of aryl methyl sites for hydroxylation is 1. The maximum Gasteiger partial charge on any atom is 0.193 e. The summed E-state index contributed by atoms with van der Waals surface area (Å²) in [7, 11) is 0. The van der Waals surface area contributed by atoms with Crippen LogP contribution in [0.25, 0.3) is 10.6 Å². The zero-order valence-corrected chi connectivity index (χ0v) is 14.4. The predicted octanol–water partition coefficient (Wildman–Crippen LogP) is 4.30. The number of hydrogen-bond donors (Lipinski definition) is 2. The monoisotopic (exact) mass is 336 g/mol. The number of aliphatic imine (C=N–C) groups is 1. The number of thiazole rings is 1. The van der Waals surface area contributed by atoms with Crippen LogP contribution in [0.1, 0.15) is 18.2 Å². The topological polar surface area (TPSA) is 63.3 Å². The zero-order valence-electron chi connectivity index (χ0n) is 13.6. The Morgan fingerprint density at radius 3 is 2.79 bits per heavy atom. The van der Waals surface area contributed by atoms with E-state index in [1.165, 1.54) is 5.56 Å². The fourth-order valence-corrected chi connectivity index (χ4v) is 3.13. The molecule has 0 saturated carbocycles. The second kappa shape index (κ2) is 7.75. The molecule has 1 aromatic heterocycles. The summed E-state index contributed by atoms with van der Waals surface area (Å²) < 4.78 is 0. The van der Waals surface area contributed by atoms with E-state index in [0.717, 1.165) is 28.4 Å². The molecule has 3 rings (SSSR count). The Labute approximate surface area is 146 Å². The largest absolute Gasteiger partial charge is 0.370 e. The summed E-state index contributed by atoms with van der Waals surface area (Å²) in [5, 5.41) is 6.16. The lowest BCUT2D eigenvalue weighted by Crippen LogP contribution is -2.22. The van der Waals surface area contributed by atoms with Crippen molar-refractivity contribution in [2.45, 2.75) is 19.9 Å². The van der Waals surface area contributed by atoms with Crippen molar-refractivity contribution in [3.8, 4) is 10.6 Å². The zero-order chi connectivity index (χ0) is 16.8. The smallest absolute Gasteiger partial charge is 0.193 e. The van der Waals surface area contributed by atoms with Gasteiger partial charge in [0.25, 0.3) is 0 Å². The van der Waals surface area contributed by atoms with Gasteiger partial charge in [0.15, 0.2) is 5.96 Å². The number of nitrogens with one attached hydrogen (secondary N) is 1. The van der Waals surface area contributed by atoms with Crippen molar-refractivity contribution in [3.63, 3.8) is 0 Å². The molecule has 0 aliphatic heterocycles. The summed E-state index contributed by atoms with van der Waals surface area (Å²) >= 11 is 1.62. The van der Waals surface area contributed by atoms with E-state index in [4.69, 9.17) is 5.73 Å². The Morgan fingerprint density at radius 1 is 1.17 bits per heavy atom. The summed E-state index contributed by atoms with van der Waals surface area (Å²) in [6.45, 7) is 2.60. The highest BCUT2D eigenvalue weighted by Crippen LogP contribution is 2.23. The lowest BCUT2D eigenvalue weighted by Gasteiger charge is -2.06. The van der Waals surface area contributed by atoms with Crippen molar-refractivity contribution >= 4 is 23.0 Å². The van der Waals surface area contributed by atoms with Gasteiger partial charge >= 0.3 is 0 Å². The van der Waals surface area contributed by atoms with Gasteiger partial charge < -0.3 is 11.1 Å². The van der Waals surface area contributed by atoms with Crippen molar-refractivity contribution in [3.05, 3.63) is 71.2 Å². The van der Waals surface area contributed by atoms with Crippen LogP contribution in [0.15, 0.2) is 65.0 Å². The highest BCUT2D eigenvalue weighted by atomic mass is 32.1. The molecule has 0 amide bonds. The van der Waals surface area contributed by atoms with Crippen LogP contribution in [-0.2, 0) is 13.0 Å². The normalized spacial score (nSPS) is 11.5. The average molecular weight is 336 g/mol. The number of aromatic nitrogens is 1. The van der Waals surface area contributed by atoms with Gasteiger partial charge in [-0.25, -0.2) is 9.98 Å². The molecule has 0 spiro atoms. The van der Waals surface area contributed by atoms with E-state index < -0.39 is 0 Å². The van der Waals surface area contributed by atoms with Crippen molar-refractivity contribution in [1.29, 1.82) is 0 Å². The summed E-state index contributed by atoms with van der Waals surface area (Å²) in [6, 6.07) is 18.3. The molecule has 0 bridgehead atoms. The third-order valence-corrected chi connectivity index (χ3v) is 4.53. The molecule has 0 unspecified atom stereocenters. The molecule has 24 heavy (non-hydrogen) atoms. The Bertz CT molecular complexity index is 824. The van der Waals surface area contributed by atoms with E-state index in [1.807, 2.05) is 35.7 Å². The molecule has 3 N–H and O–H groups in total. The Kier molecular flexibility index (Phi) is 5.23. The van der Waals surface area contributed by atoms with Gasteiger partial charge in [-0.3, -0.25) is 0 Å². The van der Waals surface area contributed by atoms with Gasteiger partial charge in [-0.2, -0.15) is 0 Å². The first-order valence-corrected chi connectivity index (χ1v) is 8.78. The van der Waals surface area contributed by atoms with Gasteiger partial charge in [0.1, 0.15) is 5.01 Å². The minimum absolute atomic E-state index is 0.400. The number of guanidine groups is 1. The second-order valence-corrected chi connectivity index (χ2v) is 6.25. The van der Waals surface area contributed by atoms with Gasteiger partial charge in [0, 0.05) is 16.6 Å². The molecule has 0 atom stereocenters. The molecule has 0 saturated heterocycles. The minimum Gasteiger partial charge on any atom is -0.370 e. The predicted molar refractivity (Wildman–Crippen MR) is 102 cm³/mol. The quantitative estimate of drug-likeness (QED) is 0.539. The maximum atomic E-state index is 5.98. The SMILES string of the molecule is CCc1cccc(NC(N)=NCc2csc(-c3ccccc3)n2)c1. The van der Waals surface area contributed by atoms with E-state index >= 15 is 0 Å². The number of benzene rings is 2. The van der Waals surface area contributed by atoms with E-state index in [-0.39, 0.29) is 0 Å². The van der Waals surface area contributed by atoms with E-state index in [1.54, 1.807) is 11.3 Å². The van der Waals surface area contributed by atoms with Crippen LogP contribution in [0.4, 0.5) is 5.69 Å². The molecule has 5 heteroatoms. The Hall–Kier alpha value is -2.66. The first-order chi connectivity index (χ1) is 11.7. The Balaban J connectivity index is 1.64. The molecule has 0 fully saturated rings. The standard InChI is InChI=1S/C19H20N4S/c1-2-14-7-6-10-16(11-14)23-19(20)21-12-17-13-24-18(22-17)15-8-4-3-5-9-15/h3-11,13H,2,12H2,1H3,(H3,20,21,23). The van der Waals surface area contributed by atoms with Gasteiger partial charge in [0.2, 0.25) is 0 Å². The summed E-state index contributed by atoms with van der Waals surface area (Å²) in [5.41, 5.74) is 10.2. The number of hydrogen-bond acceptors (Lipinski definition) is 3. The highest BCUT2D eigenvalue weighted by Gasteiger charge is 2.04. The lowest BCUT2D eigenvalue weighted by atomic mass is 10.1. The molecular weight excluding hydrogens is 316 g/mol. The van der Waals surface area contributed by atoms with Crippen LogP contribution in [0.3, 0.4) is 0 Å². The minimum atomic E-state index is 0.400. The molecule has 3 aromatic rings. The molecule has 0 aliphatic rings. The van der Waals surface area contributed by atoms with Crippen LogP contribution in [0, 0.1) is 0 Å². The first-order valence-electron chi connectivity index (χ1n) is 7.90. The summed E-state index contributed by atoms with van der Waals surface area (Å²) in [4.78, 5) is 8.99. The molecule has 122 valence electrons. The van der Waals surface area contributed by atoms with Crippen molar-refractivity contribution in [1.82, 2.24) is 4.98 Å². The Morgan fingerprint density at radius 2 is 2.00 bits per heavy atom. The first kappa shape index (κ1) is 16.2. The lowest BCUT2D eigenvalue weighted by molar-refractivity contribution is 1.01. The van der Waals surface area contributed by atoms with E-state index in [9.17, 15) is 0 Å². The van der Waals surface area contributed by atoms with Gasteiger partial charge in [-0.15, -0.1) is 11.3 Å². The maximum absolute atomic E-state index is 5.98. The van der Waals surface area contributed by atoms with Gasteiger partial charge in [0.05, 0.1) is 12.2 Å². The molecule has 2 aromatic carbocycles. The number of nitrogens with two attached hydrogens (primary N) is 1. The van der Waals surface area contributed by atoms with Crippen LogP contribution in [0.2, 0.25) is 0 Å². The highest BCUT2D eigenvalue weighted by molar-refractivity contribution is 7.13. The van der Waals surface area contributed by atoms with E-state index in [2.05, 4.69) is 46.5 Å². The summed E-state index contributed by atoms with van der Waals surface area (Å²) in [6.07, 6.45) is 0.994. The molecule has 0 radical (unpaired) electrons. The third kappa shape index (κ3) is 4.20. The third-order valence-electron chi connectivity index (χ3n) is 3.59. The summed E-state index contributed by atoms with van der Waals surface area (Å²) in [5.74, 6) is 0.400. The van der Waals surface area contributed by atoms with Crippen molar-refractivity contribution in [2.75, 3.05) is 5.32 Å². The van der Waals surface area contributed by atoms with Crippen molar-refractivity contribution < 1.29 is 0 Å². The van der Waals surface area contributed by atoms with Crippen molar-refractivity contribution in [2.24, 2.45) is 10.7 Å². The number of rotatable bonds is 5. The molecular formula is C19H20N4S. The van der Waals surface area contributed by atoms with E-state index in [0.29, 0.717) is 12.5 Å². The molecule has 1 heterocycles. The van der Waals surface area contributed by atoms with Gasteiger partial charge in [-0.1, -0.05) is 49.4 Å². The second-order valence-electron chi connectivity index (χ2n) is 5.39. The number of anilines is 1. The average Bonchev–Trinajstić information content (AvgIpc) is 3.10. The molecule has 0 aliphatic carbocycles.